The van der Waals surface area contributed by atoms with Crippen molar-refractivity contribution in [2.75, 3.05) is 18.4 Å². The minimum Gasteiger partial charge on any atom is -0.382 e. The first kappa shape index (κ1) is 14.6. The Labute approximate surface area is 127 Å². The van der Waals surface area contributed by atoms with Gasteiger partial charge in [-0.2, -0.15) is 0 Å². The first-order valence-electron chi connectivity index (χ1n) is 8.22. The van der Waals surface area contributed by atoms with Crippen LogP contribution >= 0.6 is 0 Å². The Balaban J connectivity index is 1.72. The smallest absolute Gasteiger partial charge is 0.179 e. The molecule has 0 aliphatic carbocycles. The van der Waals surface area contributed by atoms with Crippen LogP contribution in [0.5, 0.6) is 0 Å². The van der Waals surface area contributed by atoms with Crippen LogP contribution in [0.3, 0.4) is 0 Å². The van der Waals surface area contributed by atoms with E-state index in [1.807, 2.05) is 6.07 Å². The summed E-state index contributed by atoms with van der Waals surface area (Å²) in [6, 6.07) is 6.62. The van der Waals surface area contributed by atoms with Crippen molar-refractivity contribution < 1.29 is 4.79 Å². The molecule has 1 saturated heterocycles. The van der Waals surface area contributed by atoms with E-state index in [2.05, 4.69) is 43.1 Å². The molecule has 0 spiro atoms. The van der Waals surface area contributed by atoms with Crippen LogP contribution in [-0.4, -0.2) is 35.9 Å². The number of carbonyl (C=O) groups is 1. The average Bonchev–Trinajstić information content (AvgIpc) is 2.85. The summed E-state index contributed by atoms with van der Waals surface area (Å²) >= 11 is 0. The highest BCUT2D eigenvalue weighted by Crippen LogP contribution is 2.27. The van der Waals surface area contributed by atoms with Crippen molar-refractivity contribution in [1.82, 2.24) is 4.90 Å². The predicted molar refractivity (Wildman–Crippen MR) is 87.0 cm³/mol. The molecule has 0 amide bonds. The number of ketones is 1. The van der Waals surface area contributed by atoms with Crippen molar-refractivity contribution >= 4 is 11.5 Å². The maximum atomic E-state index is 12.7. The molecule has 0 radical (unpaired) electrons. The summed E-state index contributed by atoms with van der Waals surface area (Å²) in [5.41, 5.74) is 3.35. The molecule has 3 nitrogen and oxygen atoms in total. The maximum Gasteiger partial charge on any atom is 0.179 e. The zero-order valence-corrected chi connectivity index (χ0v) is 13.4. The van der Waals surface area contributed by atoms with Gasteiger partial charge in [-0.25, -0.2) is 0 Å². The van der Waals surface area contributed by atoms with Crippen LogP contribution in [0.1, 0.15) is 49.5 Å². The number of carbonyl (C=O) groups excluding carboxylic acids is 1. The van der Waals surface area contributed by atoms with E-state index >= 15 is 0 Å². The van der Waals surface area contributed by atoms with Crippen LogP contribution in [0.25, 0.3) is 0 Å². The van der Waals surface area contributed by atoms with Crippen molar-refractivity contribution in [1.29, 1.82) is 0 Å². The molecule has 1 fully saturated rings. The van der Waals surface area contributed by atoms with Gasteiger partial charge in [0.25, 0.3) is 0 Å². The molecule has 1 aromatic rings. The number of Topliss-reactive ketones (excluding diaryl/α,β-unsaturated/α-hetero) is 1. The van der Waals surface area contributed by atoms with Gasteiger partial charge in [0.1, 0.15) is 0 Å². The molecule has 2 unspecified atom stereocenters. The molecule has 2 aliphatic rings. The number of nitrogens with zero attached hydrogens (tertiary/aromatic N) is 1. The quantitative estimate of drug-likeness (QED) is 0.865. The van der Waals surface area contributed by atoms with Gasteiger partial charge in [-0.05, 0) is 75.9 Å². The third-order valence-electron chi connectivity index (χ3n) is 5.06. The van der Waals surface area contributed by atoms with Crippen molar-refractivity contribution in [2.45, 2.75) is 52.1 Å². The molecule has 1 aromatic carbocycles. The monoisotopic (exact) mass is 286 g/mol. The summed E-state index contributed by atoms with van der Waals surface area (Å²) < 4.78 is 0. The number of hydrogen-bond donors (Lipinski definition) is 1. The Morgan fingerprint density at radius 1 is 1.29 bits per heavy atom. The molecular weight excluding hydrogens is 260 g/mol. The first-order chi connectivity index (χ1) is 10.0. The fourth-order valence-electron chi connectivity index (χ4n) is 3.53. The second kappa shape index (κ2) is 5.80. The molecule has 0 saturated carbocycles. The van der Waals surface area contributed by atoms with E-state index in [0.29, 0.717) is 6.04 Å². The minimum absolute atomic E-state index is 0.00216. The van der Waals surface area contributed by atoms with Gasteiger partial charge in [0.15, 0.2) is 5.78 Å². The molecule has 2 atom stereocenters. The first-order valence-corrected chi connectivity index (χ1v) is 8.22. The lowest BCUT2D eigenvalue weighted by Gasteiger charge is -2.34. The minimum atomic E-state index is 0.00216. The SMILES string of the molecule is CC1CCN(C(C)C(=O)c2ccc3c(c2)CC(C)N3)CC1. The van der Waals surface area contributed by atoms with E-state index in [1.54, 1.807) is 0 Å². The molecule has 1 N–H and O–H groups in total. The maximum absolute atomic E-state index is 12.7. The Bertz CT molecular complexity index is 532. The zero-order valence-electron chi connectivity index (χ0n) is 13.4. The van der Waals surface area contributed by atoms with Gasteiger partial charge in [-0.15, -0.1) is 0 Å². The molecule has 2 aliphatic heterocycles. The summed E-state index contributed by atoms with van der Waals surface area (Å²) in [7, 11) is 0. The van der Waals surface area contributed by atoms with Crippen LogP contribution in [0.15, 0.2) is 18.2 Å². The molecule has 21 heavy (non-hydrogen) atoms. The summed E-state index contributed by atoms with van der Waals surface area (Å²) in [5.74, 6) is 1.07. The number of piperidine rings is 1. The predicted octanol–water partition coefficient (Wildman–Crippen LogP) is 3.35. The summed E-state index contributed by atoms with van der Waals surface area (Å²) in [6.45, 7) is 8.65. The molecule has 0 bridgehead atoms. The third kappa shape index (κ3) is 2.98. The van der Waals surface area contributed by atoms with E-state index in [4.69, 9.17) is 0 Å². The second-order valence-electron chi connectivity index (χ2n) is 6.88. The van der Waals surface area contributed by atoms with E-state index in [9.17, 15) is 4.79 Å². The number of hydrogen-bond acceptors (Lipinski definition) is 3. The Kier molecular flexibility index (Phi) is 4.03. The third-order valence-corrected chi connectivity index (χ3v) is 5.06. The fraction of sp³-hybridized carbons (Fsp3) is 0.611. The molecule has 2 heterocycles. The van der Waals surface area contributed by atoms with Gasteiger partial charge >= 0.3 is 0 Å². The molecule has 3 rings (SSSR count). The highest BCUT2D eigenvalue weighted by Gasteiger charge is 2.27. The van der Waals surface area contributed by atoms with Crippen LogP contribution < -0.4 is 5.32 Å². The topological polar surface area (TPSA) is 32.3 Å². The average molecular weight is 286 g/mol. The van der Waals surface area contributed by atoms with Gasteiger partial charge in [-0.3, -0.25) is 9.69 Å². The standard InChI is InChI=1S/C18H26N2O/c1-12-6-8-20(9-7-12)14(3)18(21)15-4-5-17-16(11-15)10-13(2)19-17/h4-5,11-14,19H,6-10H2,1-3H3. The number of nitrogens with one attached hydrogen (secondary N) is 1. The lowest BCUT2D eigenvalue weighted by Crippen LogP contribution is -2.43. The Morgan fingerprint density at radius 2 is 2.00 bits per heavy atom. The van der Waals surface area contributed by atoms with Crippen molar-refractivity contribution in [3.63, 3.8) is 0 Å². The van der Waals surface area contributed by atoms with E-state index in [-0.39, 0.29) is 11.8 Å². The Morgan fingerprint density at radius 3 is 2.71 bits per heavy atom. The van der Waals surface area contributed by atoms with Gasteiger partial charge in [-0.1, -0.05) is 6.92 Å². The van der Waals surface area contributed by atoms with E-state index < -0.39 is 0 Å². The number of anilines is 1. The van der Waals surface area contributed by atoms with Crippen LogP contribution in [0, 0.1) is 5.92 Å². The lowest BCUT2D eigenvalue weighted by molar-refractivity contribution is 0.0779. The number of fused-ring (bicyclic) bond motifs is 1. The van der Waals surface area contributed by atoms with E-state index in [0.717, 1.165) is 31.0 Å². The van der Waals surface area contributed by atoms with Crippen molar-refractivity contribution in [2.24, 2.45) is 5.92 Å². The number of benzene rings is 1. The van der Waals surface area contributed by atoms with Gasteiger partial charge in [0.05, 0.1) is 6.04 Å². The van der Waals surface area contributed by atoms with Gasteiger partial charge in [0.2, 0.25) is 0 Å². The lowest BCUT2D eigenvalue weighted by atomic mass is 9.95. The van der Waals surface area contributed by atoms with Crippen molar-refractivity contribution in [3.8, 4) is 0 Å². The van der Waals surface area contributed by atoms with Gasteiger partial charge < -0.3 is 5.32 Å². The van der Waals surface area contributed by atoms with Crippen molar-refractivity contribution in [3.05, 3.63) is 29.3 Å². The number of likely N-dealkylation sites (tertiary alicyclic amines) is 1. The van der Waals surface area contributed by atoms with Crippen LogP contribution in [0.4, 0.5) is 5.69 Å². The van der Waals surface area contributed by atoms with Crippen LogP contribution in [0.2, 0.25) is 0 Å². The Hall–Kier alpha value is -1.35. The second-order valence-corrected chi connectivity index (χ2v) is 6.88. The number of rotatable bonds is 3. The summed E-state index contributed by atoms with van der Waals surface area (Å²) in [5, 5.41) is 3.44. The molecule has 114 valence electrons. The molecular formula is C18H26N2O. The highest BCUT2D eigenvalue weighted by atomic mass is 16.1. The zero-order chi connectivity index (χ0) is 15.0. The van der Waals surface area contributed by atoms with E-state index in [1.165, 1.54) is 24.1 Å². The normalized spacial score (nSPS) is 24.4. The molecule has 3 heteroatoms. The summed E-state index contributed by atoms with van der Waals surface area (Å²) in [4.78, 5) is 15.1. The van der Waals surface area contributed by atoms with Gasteiger partial charge in [0, 0.05) is 17.3 Å². The highest BCUT2D eigenvalue weighted by molar-refractivity contribution is 6.00. The fourth-order valence-corrected chi connectivity index (χ4v) is 3.53. The molecule has 0 aromatic heterocycles. The summed E-state index contributed by atoms with van der Waals surface area (Å²) in [6.07, 6.45) is 3.44. The largest absolute Gasteiger partial charge is 0.382 e. The van der Waals surface area contributed by atoms with Crippen LogP contribution in [-0.2, 0) is 6.42 Å².